The Morgan fingerprint density at radius 2 is 1.74 bits per heavy atom. The Morgan fingerprint density at radius 1 is 1.00 bits per heavy atom. The topological polar surface area (TPSA) is 33.2 Å². The third-order valence-electron chi connectivity index (χ3n) is 3.89. The van der Waals surface area contributed by atoms with Crippen LogP contribution in [0.15, 0.2) is 60.9 Å². The zero-order valence-electron chi connectivity index (χ0n) is 14.0. The number of amides is 1. The van der Waals surface area contributed by atoms with Crippen molar-refractivity contribution in [2.24, 2.45) is 0 Å². The number of halogens is 4. The van der Waals surface area contributed by atoms with Gasteiger partial charge >= 0.3 is 0 Å². The van der Waals surface area contributed by atoms with Crippen LogP contribution in [0, 0.1) is 11.6 Å². The molecule has 0 spiro atoms. The number of pyridine rings is 1. The van der Waals surface area contributed by atoms with E-state index in [0.717, 1.165) is 23.8 Å². The van der Waals surface area contributed by atoms with Gasteiger partial charge in [0.1, 0.15) is 11.6 Å². The smallest absolute Gasteiger partial charge is 0.254 e. The lowest BCUT2D eigenvalue weighted by molar-refractivity contribution is 0.0729. The normalized spacial score (nSPS) is 10.7. The fraction of sp³-hybridized carbons (Fsp3) is 0.100. The van der Waals surface area contributed by atoms with E-state index in [2.05, 4.69) is 4.98 Å². The standard InChI is InChI=1S/C20H14Cl2F2N2O/c21-18-5-1-4-14(19(18)22)12-26(11-13-3-2-6-25-10-13)20(27)15-7-16(23)9-17(24)8-15/h1-10H,11-12H2. The quantitative estimate of drug-likeness (QED) is 0.559. The molecule has 0 aliphatic heterocycles. The van der Waals surface area contributed by atoms with Crippen LogP contribution in [0.2, 0.25) is 10.0 Å². The molecule has 0 aliphatic carbocycles. The predicted octanol–water partition coefficient (Wildman–Crippen LogP) is 5.51. The highest BCUT2D eigenvalue weighted by atomic mass is 35.5. The van der Waals surface area contributed by atoms with Gasteiger partial charge in [0.05, 0.1) is 10.0 Å². The first-order valence-corrected chi connectivity index (χ1v) is 8.77. The van der Waals surface area contributed by atoms with Gasteiger partial charge in [0.25, 0.3) is 5.91 Å². The van der Waals surface area contributed by atoms with Crippen molar-refractivity contribution in [2.75, 3.05) is 0 Å². The molecular weight excluding hydrogens is 393 g/mol. The molecule has 1 heterocycles. The number of carbonyl (C=O) groups is 1. The highest BCUT2D eigenvalue weighted by molar-refractivity contribution is 6.42. The molecule has 0 fully saturated rings. The van der Waals surface area contributed by atoms with Crippen molar-refractivity contribution in [3.05, 3.63) is 99.3 Å². The first-order valence-electron chi connectivity index (χ1n) is 8.01. The largest absolute Gasteiger partial charge is 0.330 e. The van der Waals surface area contributed by atoms with Crippen molar-refractivity contribution < 1.29 is 13.6 Å². The summed E-state index contributed by atoms with van der Waals surface area (Å²) in [6.45, 7) is 0.304. The molecule has 7 heteroatoms. The number of benzene rings is 2. The lowest BCUT2D eigenvalue weighted by atomic mass is 10.1. The Labute approximate surface area is 165 Å². The van der Waals surface area contributed by atoms with E-state index < -0.39 is 17.5 Å². The average Bonchev–Trinajstić information content (AvgIpc) is 2.64. The lowest BCUT2D eigenvalue weighted by Gasteiger charge is -2.24. The second kappa shape index (κ2) is 8.46. The van der Waals surface area contributed by atoms with Crippen LogP contribution in [0.25, 0.3) is 0 Å². The molecule has 3 nitrogen and oxygen atoms in total. The van der Waals surface area contributed by atoms with E-state index in [-0.39, 0.29) is 18.7 Å². The maximum absolute atomic E-state index is 13.6. The van der Waals surface area contributed by atoms with Crippen LogP contribution < -0.4 is 0 Å². The molecular formula is C20H14Cl2F2N2O. The summed E-state index contributed by atoms with van der Waals surface area (Å²) >= 11 is 12.3. The number of aromatic nitrogens is 1. The second-order valence-corrected chi connectivity index (χ2v) is 6.68. The summed E-state index contributed by atoms with van der Waals surface area (Å²) in [5, 5.41) is 0.688. The van der Waals surface area contributed by atoms with E-state index in [1.165, 1.54) is 4.90 Å². The van der Waals surface area contributed by atoms with Crippen molar-refractivity contribution in [1.82, 2.24) is 9.88 Å². The van der Waals surface area contributed by atoms with Crippen molar-refractivity contribution >= 4 is 29.1 Å². The molecule has 3 rings (SSSR count). The van der Waals surface area contributed by atoms with Gasteiger partial charge in [-0.3, -0.25) is 9.78 Å². The van der Waals surface area contributed by atoms with Crippen LogP contribution >= 0.6 is 23.2 Å². The van der Waals surface area contributed by atoms with Gasteiger partial charge in [-0.15, -0.1) is 0 Å². The summed E-state index contributed by atoms with van der Waals surface area (Å²) in [5.41, 5.74) is 1.30. The summed E-state index contributed by atoms with van der Waals surface area (Å²) in [6.07, 6.45) is 3.23. The fourth-order valence-corrected chi connectivity index (χ4v) is 3.03. The molecule has 3 aromatic rings. The molecule has 0 saturated heterocycles. The third kappa shape index (κ3) is 4.81. The van der Waals surface area contributed by atoms with Gasteiger partial charge in [0.2, 0.25) is 0 Å². The lowest BCUT2D eigenvalue weighted by Crippen LogP contribution is -2.30. The van der Waals surface area contributed by atoms with Crippen LogP contribution in [0.5, 0.6) is 0 Å². The highest BCUT2D eigenvalue weighted by Gasteiger charge is 2.20. The number of hydrogen-bond donors (Lipinski definition) is 0. The van der Waals surface area contributed by atoms with Crippen LogP contribution in [0.3, 0.4) is 0 Å². The van der Waals surface area contributed by atoms with E-state index in [1.54, 1.807) is 42.7 Å². The first kappa shape index (κ1) is 19.3. The van der Waals surface area contributed by atoms with Crippen LogP contribution in [0.4, 0.5) is 8.78 Å². The Hall–Kier alpha value is -2.50. The van der Waals surface area contributed by atoms with Gasteiger partial charge in [-0.1, -0.05) is 41.4 Å². The zero-order valence-corrected chi connectivity index (χ0v) is 15.5. The van der Waals surface area contributed by atoms with E-state index in [1.807, 2.05) is 0 Å². The van der Waals surface area contributed by atoms with Gasteiger partial charge in [0.15, 0.2) is 0 Å². The number of hydrogen-bond acceptors (Lipinski definition) is 2. The van der Waals surface area contributed by atoms with Crippen LogP contribution in [-0.4, -0.2) is 15.8 Å². The molecule has 0 unspecified atom stereocenters. The Morgan fingerprint density at radius 3 is 2.41 bits per heavy atom. The molecule has 0 aliphatic rings. The molecule has 138 valence electrons. The molecule has 0 bridgehead atoms. The van der Waals surface area contributed by atoms with E-state index in [4.69, 9.17) is 23.2 Å². The molecule has 1 amide bonds. The van der Waals surface area contributed by atoms with Gasteiger partial charge < -0.3 is 4.90 Å². The highest BCUT2D eigenvalue weighted by Crippen LogP contribution is 2.27. The summed E-state index contributed by atoms with van der Waals surface area (Å²) < 4.78 is 27.1. The predicted molar refractivity (Wildman–Crippen MR) is 101 cm³/mol. The van der Waals surface area contributed by atoms with Gasteiger partial charge in [-0.2, -0.15) is 0 Å². The SMILES string of the molecule is O=C(c1cc(F)cc(F)c1)N(Cc1cccnc1)Cc1cccc(Cl)c1Cl. The van der Waals surface area contributed by atoms with E-state index in [0.29, 0.717) is 15.6 Å². The minimum absolute atomic E-state index is 0.0884. The van der Waals surface area contributed by atoms with Crippen molar-refractivity contribution in [3.8, 4) is 0 Å². The molecule has 27 heavy (non-hydrogen) atoms. The van der Waals surface area contributed by atoms with Crippen LogP contribution in [-0.2, 0) is 13.1 Å². The summed E-state index contributed by atoms with van der Waals surface area (Å²) in [5.74, 6) is -2.17. The van der Waals surface area contributed by atoms with E-state index >= 15 is 0 Å². The van der Waals surface area contributed by atoms with Crippen molar-refractivity contribution in [3.63, 3.8) is 0 Å². The third-order valence-corrected chi connectivity index (χ3v) is 4.74. The number of carbonyl (C=O) groups excluding carboxylic acids is 1. The zero-order chi connectivity index (χ0) is 19.4. The molecule has 0 N–H and O–H groups in total. The monoisotopic (exact) mass is 406 g/mol. The maximum atomic E-state index is 13.6. The van der Waals surface area contributed by atoms with E-state index in [9.17, 15) is 13.6 Å². The minimum Gasteiger partial charge on any atom is -0.330 e. The minimum atomic E-state index is -0.819. The van der Waals surface area contributed by atoms with Crippen molar-refractivity contribution in [2.45, 2.75) is 13.1 Å². The van der Waals surface area contributed by atoms with Gasteiger partial charge in [0, 0.05) is 37.1 Å². The summed E-state index contributed by atoms with van der Waals surface area (Å²) in [4.78, 5) is 18.4. The molecule has 0 atom stereocenters. The van der Waals surface area contributed by atoms with Crippen molar-refractivity contribution in [1.29, 1.82) is 0 Å². The van der Waals surface area contributed by atoms with Gasteiger partial charge in [-0.05, 0) is 35.4 Å². The Kier molecular flexibility index (Phi) is 6.04. The fourth-order valence-electron chi connectivity index (χ4n) is 2.65. The molecule has 0 radical (unpaired) electrons. The Balaban J connectivity index is 1.96. The average molecular weight is 407 g/mol. The Bertz CT molecular complexity index is 947. The summed E-state index contributed by atoms with van der Waals surface area (Å²) in [6, 6.07) is 11.4. The number of rotatable bonds is 5. The summed E-state index contributed by atoms with van der Waals surface area (Å²) in [7, 11) is 0. The van der Waals surface area contributed by atoms with Gasteiger partial charge in [-0.25, -0.2) is 8.78 Å². The second-order valence-electron chi connectivity index (χ2n) is 5.89. The number of nitrogens with zero attached hydrogens (tertiary/aromatic N) is 2. The molecule has 0 saturated carbocycles. The molecule has 1 aromatic heterocycles. The molecule has 2 aromatic carbocycles. The first-order chi connectivity index (χ1) is 12.9. The maximum Gasteiger partial charge on any atom is 0.254 e. The van der Waals surface area contributed by atoms with Crippen LogP contribution in [0.1, 0.15) is 21.5 Å².